The normalized spacial score (nSPS) is 9.87. The van der Waals surface area contributed by atoms with Crippen molar-refractivity contribution in [3.8, 4) is 0 Å². The van der Waals surface area contributed by atoms with Crippen LogP contribution < -0.4 is 0 Å². The van der Waals surface area contributed by atoms with Crippen molar-refractivity contribution in [1.29, 1.82) is 0 Å². The highest BCUT2D eigenvalue weighted by Crippen LogP contribution is 2.24. The molecule has 2 nitrogen and oxygen atoms in total. The van der Waals surface area contributed by atoms with Gasteiger partial charge in [0, 0.05) is 16.7 Å². The number of aromatic nitrogens is 1. The number of carbonyl (C=O) groups excluding carboxylic acids is 1. The van der Waals surface area contributed by atoms with Crippen LogP contribution in [0.3, 0.4) is 0 Å². The summed E-state index contributed by atoms with van der Waals surface area (Å²) >= 11 is 1.58. The van der Waals surface area contributed by atoms with Gasteiger partial charge in [0.05, 0.1) is 0 Å². The molecule has 0 aliphatic heterocycles. The Morgan fingerprint density at radius 1 is 1.07 bits per heavy atom. The molecular formula is C12H9NOS. The lowest BCUT2D eigenvalue weighted by Gasteiger charge is -1.99. The molecule has 2 rings (SSSR count). The molecule has 1 heterocycles. The van der Waals surface area contributed by atoms with Gasteiger partial charge in [0.15, 0.2) is 6.29 Å². The van der Waals surface area contributed by atoms with Gasteiger partial charge in [0.2, 0.25) is 0 Å². The van der Waals surface area contributed by atoms with E-state index in [1.807, 2.05) is 36.4 Å². The van der Waals surface area contributed by atoms with Gasteiger partial charge in [-0.2, -0.15) is 0 Å². The highest BCUT2D eigenvalue weighted by molar-refractivity contribution is 7.99. The molecule has 2 aromatic rings. The average Bonchev–Trinajstić information content (AvgIpc) is 2.31. The van der Waals surface area contributed by atoms with Gasteiger partial charge < -0.3 is 0 Å². The van der Waals surface area contributed by atoms with E-state index in [1.165, 1.54) is 0 Å². The molecule has 1 aromatic heterocycles. The fourth-order valence-electron chi connectivity index (χ4n) is 1.13. The van der Waals surface area contributed by atoms with E-state index in [-0.39, 0.29) is 0 Å². The summed E-state index contributed by atoms with van der Waals surface area (Å²) in [4.78, 5) is 15.7. The summed E-state index contributed by atoms with van der Waals surface area (Å²) < 4.78 is 0. The van der Waals surface area contributed by atoms with E-state index in [0.29, 0.717) is 5.56 Å². The number of benzene rings is 1. The molecule has 1 aromatic carbocycles. The van der Waals surface area contributed by atoms with Crippen LogP contribution in [0.15, 0.2) is 58.6 Å². The molecule has 74 valence electrons. The molecule has 0 N–H and O–H groups in total. The second-order valence-electron chi connectivity index (χ2n) is 2.96. The Morgan fingerprint density at radius 2 is 1.87 bits per heavy atom. The predicted octanol–water partition coefficient (Wildman–Crippen LogP) is 3.05. The second kappa shape index (κ2) is 4.75. The third kappa shape index (κ3) is 2.67. The topological polar surface area (TPSA) is 30.0 Å². The summed E-state index contributed by atoms with van der Waals surface area (Å²) in [6, 6.07) is 13.6. The smallest absolute Gasteiger partial charge is 0.151 e. The first-order valence-corrected chi connectivity index (χ1v) is 5.34. The highest BCUT2D eigenvalue weighted by Gasteiger charge is 1.97. The van der Waals surface area contributed by atoms with E-state index in [0.717, 1.165) is 16.2 Å². The number of hydrogen-bond donors (Lipinski definition) is 0. The summed E-state index contributed by atoms with van der Waals surface area (Å²) in [5.41, 5.74) is 0.604. The van der Waals surface area contributed by atoms with E-state index in [2.05, 4.69) is 4.98 Å². The van der Waals surface area contributed by atoms with E-state index in [9.17, 15) is 4.79 Å². The molecule has 0 fully saturated rings. The second-order valence-corrected chi connectivity index (χ2v) is 4.06. The average molecular weight is 215 g/mol. The van der Waals surface area contributed by atoms with E-state index in [4.69, 9.17) is 0 Å². The quantitative estimate of drug-likeness (QED) is 0.737. The van der Waals surface area contributed by atoms with Crippen molar-refractivity contribution in [3.05, 3.63) is 54.2 Å². The molecule has 3 heteroatoms. The number of nitrogens with zero attached hydrogens (tertiary/aromatic N) is 1. The lowest BCUT2D eigenvalue weighted by Crippen LogP contribution is -1.83. The van der Waals surface area contributed by atoms with Crippen LogP contribution in [0.1, 0.15) is 10.4 Å². The monoisotopic (exact) mass is 215 g/mol. The minimum absolute atomic E-state index is 0.604. The molecule has 0 saturated heterocycles. The third-order valence-corrected chi connectivity index (χ3v) is 2.82. The van der Waals surface area contributed by atoms with Crippen LogP contribution in [0.4, 0.5) is 0 Å². The maximum atomic E-state index is 10.4. The fraction of sp³-hybridized carbons (Fsp3) is 0. The zero-order valence-electron chi connectivity index (χ0n) is 7.96. The highest BCUT2D eigenvalue weighted by atomic mass is 32.2. The number of rotatable bonds is 3. The molecule has 0 unspecified atom stereocenters. The summed E-state index contributed by atoms with van der Waals surface area (Å²) in [5.74, 6) is 0. The largest absolute Gasteiger partial charge is 0.298 e. The van der Waals surface area contributed by atoms with Crippen LogP contribution >= 0.6 is 11.8 Å². The van der Waals surface area contributed by atoms with Crippen LogP contribution in [0.2, 0.25) is 0 Å². The van der Waals surface area contributed by atoms with Gasteiger partial charge >= 0.3 is 0 Å². The molecule has 0 spiro atoms. The Bertz CT molecular complexity index is 439. The third-order valence-electron chi connectivity index (χ3n) is 1.86. The van der Waals surface area contributed by atoms with Gasteiger partial charge in [-0.25, -0.2) is 4.98 Å². The summed E-state index contributed by atoms with van der Waals surface area (Å²) in [7, 11) is 0. The lowest BCUT2D eigenvalue weighted by molar-refractivity contribution is 0.112. The maximum absolute atomic E-state index is 10.4. The lowest BCUT2D eigenvalue weighted by atomic mass is 10.3. The van der Waals surface area contributed by atoms with Crippen LogP contribution in [-0.4, -0.2) is 11.3 Å². The Kier molecular flexibility index (Phi) is 3.15. The van der Waals surface area contributed by atoms with Gasteiger partial charge in [0.25, 0.3) is 0 Å². The molecule has 0 saturated carbocycles. The molecule has 0 atom stereocenters. The Labute approximate surface area is 92.4 Å². The van der Waals surface area contributed by atoms with Crippen molar-refractivity contribution >= 4 is 18.0 Å². The summed E-state index contributed by atoms with van der Waals surface area (Å²) in [6.45, 7) is 0. The van der Waals surface area contributed by atoms with Crippen molar-refractivity contribution in [2.45, 2.75) is 9.92 Å². The van der Waals surface area contributed by atoms with Gasteiger partial charge in [-0.1, -0.05) is 30.0 Å². The van der Waals surface area contributed by atoms with Crippen molar-refractivity contribution in [2.24, 2.45) is 0 Å². The van der Waals surface area contributed by atoms with Gasteiger partial charge in [-0.3, -0.25) is 4.79 Å². The maximum Gasteiger partial charge on any atom is 0.151 e. The first-order valence-electron chi connectivity index (χ1n) is 4.52. The van der Waals surface area contributed by atoms with Crippen molar-refractivity contribution in [3.63, 3.8) is 0 Å². The Hall–Kier alpha value is -1.61. The minimum atomic E-state index is 0.604. The molecule has 0 amide bonds. The molecule has 0 aliphatic carbocycles. The molecule has 0 aliphatic rings. The van der Waals surface area contributed by atoms with E-state index in [1.54, 1.807) is 24.0 Å². The van der Waals surface area contributed by atoms with Crippen molar-refractivity contribution in [1.82, 2.24) is 4.98 Å². The Morgan fingerprint density at radius 3 is 2.47 bits per heavy atom. The predicted molar refractivity (Wildman–Crippen MR) is 60.2 cm³/mol. The van der Waals surface area contributed by atoms with Crippen LogP contribution in [0, 0.1) is 0 Å². The number of pyridine rings is 1. The zero-order valence-corrected chi connectivity index (χ0v) is 8.78. The van der Waals surface area contributed by atoms with E-state index >= 15 is 0 Å². The SMILES string of the molecule is O=Cc1ccc(Sc2ccccc2)nc1. The van der Waals surface area contributed by atoms with Crippen LogP contribution in [0.25, 0.3) is 0 Å². The van der Waals surface area contributed by atoms with Crippen LogP contribution in [-0.2, 0) is 0 Å². The standard InChI is InChI=1S/C12H9NOS/c14-9-10-6-7-12(13-8-10)15-11-4-2-1-3-5-11/h1-9H. The van der Waals surface area contributed by atoms with Gasteiger partial charge in [-0.15, -0.1) is 0 Å². The summed E-state index contributed by atoms with van der Waals surface area (Å²) in [6.07, 6.45) is 2.38. The molecule has 0 radical (unpaired) electrons. The number of aldehydes is 1. The Balaban J connectivity index is 2.15. The number of hydrogen-bond acceptors (Lipinski definition) is 3. The zero-order chi connectivity index (χ0) is 10.5. The molecule has 0 bridgehead atoms. The van der Waals surface area contributed by atoms with E-state index < -0.39 is 0 Å². The fourth-order valence-corrected chi connectivity index (χ4v) is 1.91. The molecule has 15 heavy (non-hydrogen) atoms. The van der Waals surface area contributed by atoms with Crippen LogP contribution in [0.5, 0.6) is 0 Å². The summed E-state index contributed by atoms with van der Waals surface area (Å²) in [5, 5.41) is 0.895. The van der Waals surface area contributed by atoms with Crippen molar-refractivity contribution < 1.29 is 4.79 Å². The van der Waals surface area contributed by atoms with Crippen molar-refractivity contribution in [2.75, 3.05) is 0 Å². The first kappa shape index (κ1) is 9.93. The number of carbonyl (C=O) groups is 1. The molecular weight excluding hydrogens is 206 g/mol. The minimum Gasteiger partial charge on any atom is -0.298 e. The van der Waals surface area contributed by atoms with Gasteiger partial charge in [-0.05, 0) is 24.3 Å². The van der Waals surface area contributed by atoms with Gasteiger partial charge in [0.1, 0.15) is 5.03 Å². The first-order chi connectivity index (χ1) is 7.38.